The zero-order chi connectivity index (χ0) is 19.5. The Labute approximate surface area is 166 Å². The monoisotopic (exact) mass is 380 g/mol. The van der Waals surface area contributed by atoms with Crippen LogP contribution in [0.25, 0.3) is 0 Å². The Hall–Kier alpha value is -2.31. The molecular formula is C22H28N4O2. The lowest BCUT2D eigenvalue weighted by atomic mass is 10.0. The number of hydrogen-bond acceptors (Lipinski definition) is 6. The predicted molar refractivity (Wildman–Crippen MR) is 109 cm³/mol. The molecule has 4 heterocycles. The SMILES string of the molecule is CC(C)c1ccc(CCN2Cc3nccc(N4CCOCC4)c3C2C=O)nc1. The molecule has 4 rings (SSSR count). The number of anilines is 1. The molecule has 6 nitrogen and oxygen atoms in total. The summed E-state index contributed by atoms with van der Waals surface area (Å²) in [5, 5.41) is 0. The molecule has 0 spiro atoms. The van der Waals surface area contributed by atoms with E-state index in [-0.39, 0.29) is 6.04 Å². The van der Waals surface area contributed by atoms with Crippen LogP contribution in [0.2, 0.25) is 0 Å². The van der Waals surface area contributed by atoms with Crippen LogP contribution in [0.4, 0.5) is 5.69 Å². The van der Waals surface area contributed by atoms with Gasteiger partial charge in [-0.2, -0.15) is 0 Å². The second-order valence-corrected chi connectivity index (χ2v) is 7.83. The van der Waals surface area contributed by atoms with Gasteiger partial charge in [-0.1, -0.05) is 19.9 Å². The Morgan fingerprint density at radius 3 is 2.71 bits per heavy atom. The van der Waals surface area contributed by atoms with Crippen molar-refractivity contribution >= 4 is 12.0 Å². The van der Waals surface area contributed by atoms with Crippen LogP contribution in [0.5, 0.6) is 0 Å². The molecule has 2 aromatic rings. The molecule has 0 aromatic carbocycles. The Kier molecular flexibility index (Phi) is 5.69. The molecule has 1 fully saturated rings. The van der Waals surface area contributed by atoms with Gasteiger partial charge in [0.15, 0.2) is 0 Å². The lowest BCUT2D eigenvalue weighted by Gasteiger charge is -2.31. The Morgan fingerprint density at radius 1 is 1.21 bits per heavy atom. The van der Waals surface area contributed by atoms with E-state index in [9.17, 15) is 4.79 Å². The van der Waals surface area contributed by atoms with Crippen molar-refractivity contribution in [3.63, 3.8) is 0 Å². The second kappa shape index (κ2) is 8.37. The van der Waals surface area contributed by atoms with Crippen LogP contribution in [0.1, 0.15) is 48.3 Å². The highest BCUT2D eigenvalue weighted by molar-refractivity contribution is 5.71. The number of hydrogen-bond donors (Lipinski definition) is 0. The van der Waals surface area contributed by atoms with Gasteiger partial charge in [-0.05, 0) is 23.6 Å². The number of pyridine rings is 2. The average molecular weight is 380 g/mol. The van der Waals surface area contributed by atoms with E-state index in [1.54, 1.807) is 0 Å². The lowest BCUT2D eigenvalue weighted by molar-refractivity contribution is -0.112. The summed E-state index contributed by atoms with van der Waals surface area (Å²) < 4.78 is 5.48. The first-order valence-electron chi connectivity index (χ1n) is 10.1. The van der Waals surface area contributed by atoms with Crippen LogP contribution in [-0.2, 0) is 22.5 Å². The van der Waals surface area contributed by atoms with Gasteiger partial charge >= 0.3 is 0 Å². The molecular weight excluding hydrogens is 352 g/mol. The highest BCUT2D eigenvalue weighted by Crippen LogP contribution is 2.38. The minimum Gasteiger partial charge on any atom is -0.378 e. The van der Waals surface area contributed by atoms with E-state index in [1.165, 1.54) is 5.56 Å². The quantitative estimate of drug-likeness (QED) is 0.718. The van der Waals surface area contributed by atoms with Gasteiger partial charge in [-0.15, -0.1) is 0 Å². The molecule has 2 aliphatic heterocycles. The van der Waals surface area contributed by atoms with Gasteiger partial charge in [-0.25, -0.2) is 0 Å². The zero-order valence-corrected chi connectivity index (χ0v) is 16.7. The normalized spacial score (nSPS) is 19.8. The summed E-state index contributed by atoms with van der Waals surface area (Å²) in [7, 11) is 0. The summed E-state index contributed by atoms with van der Waals surface area (Å²) >= 11 is 0. The van der Waals surface area contributed by atoms with Crippen molar-refractivity contribution in [1.82, 2.24) is 14.9 Å². The predicted octanol–water partition coefficient (Wildman–Crippen LogP) is 2.73. The van der Waals surface area contributed by atoms with E-state index in [2.05, 4.69) is 45.7 Å². The molecule has 0 N–H and O–H groups in total. The number of fused-ring (bicyclic) bond motifs is 1. The van der Waals surface area contributed by atoms with E-state index in [1.807, 2.05) is 18.5 Å². The third-order valence-corrected chi connectivity index (χ3v) is 5.74. The third kappa shape index (κ3) is 3.80. The topological polar surface area (TPSA) is 58.6 Å². The Morgan fingerprint density at radius 2 is 2.04 bits per heavy atom. The van der Waals surface area contributed by atoms with Crippen molar-refractivity contribution in [3.05, 3.63) is 53.1 Å². The summed E-state index contributed by atoms with van der Waals surface area (Å²) in [5.74, 6) is 0.485. The number of nitrogens with zero attached hydrogens (tertiary/aromatic N) is 4. The van der Waals surface area contributed by atoms with Gasteiger partial charge in [0.25, 0.3) is 0 Å². The molecule has 0 amide bonds. The van der Waals surface area contributed by atoms with Crippen molar-refractivity contribution in [3.8, 4) is 0 Å². The molecule has 148 valence electrons. The number of rotatable bonds is 6. The minimum atomic E-state index is -0.239. The fraction of sp³-hybridized carbons (Fsp3) is 0.500. The van der Waals surface area contributed by atoms with Gasteiger partial charge in [0, 0.05) is 61.9 Å². The second-order valence-electron chi connectivity index (χ2n) is 7.83. The molecule has 1 unspecified atom stereocenters. The van der Waals surface area contributed by atoms with Gasteiger partial charge < -0.3 is 14.4 Å². The van der Waals surface area contributed by atoms with Crippen molar-refractivity contribution < 1.29 is 9.53 Å². The number of carbonyl (C=O) groups is 1. The smallest absolute Gasteiger partial charge is 0.141 e. The first-order valence-corrected chi connectivity index (χ1v) is 10.1. The fourth-order valence-electron chi connectivity index (χ4n) is 4.06. The molecule has 0 saturated carbocycles. The van der Waals surface area contributed by atoms with Crippen LogP contribution in [0.3, 0.4) is 0 Å². The van der Waals surface area contributed by atoms with Crippen molar-refractivity contribution in [1.29, 1.82) is 0 Å². The number of morpholine rings is 1. The molecule has 0 aliphatic carbocycles. The van der Waals surface area contributed by atoms with Crippen LogP contribution < -0.4 is 4.90 Å². The summed E-state index contributed by atoms with van der Waals surface area (Å²) in [6, 6.07) is 6.06. The molecule has 28 heavy (non-hydrogen) atoms. The molecule has 0 bridgehead atoms. The Bertz CT molecular complexity index is 816. The first-order chi connectivity index (χ1) is 13.7. The summed E-state index contributed by atoms with van der Waals surface area (Å²) in [4.78, 5) is 25.7. The Balaban J connectivity index is 1.49. The van der Waals surface area contributed by atoms with Crippen molar-refractivity contribution in [2.75, 3.05) is 37.7 Å². The standard InChI is InChI=1S/C22H28N4O2/c1-16(2)17-3-4-18(24-13-17)6-8-26-14-19-22(21(26)15-27)20(5-7-23-19)25-9-11-28-12-10-25/h3-5,7,13,15-16,21H,6,8-12,14H2,1-2H3. The number of carbonyl (C=O) groups excluding carboxylic acids is 1. The first kappa shape index (κ1) is 19.0. The largest absolute Gasteiger partial charge is 0.378 e. The summed E-state index contributed by atoms with van der Waals surface area (Å²) in [5.41, 5.74) is 5.54. The summed E-state index contributed by atoms with van der Waals surface area (Å²) in [6.45, 7) is 9.01. The summed E-state index contributed by atoms with van der Waals surface area (Å²) in [6.07, 6.45) is 5.71. The van der Waals surface area contributed by atoms with Crippen LogP contribution in [-0.4, -0.2) is 54.0 Å². The highest BCUT2D eigenvalue weighted by Gasteiger charge is 2.34. The molecule has 2 aliphatic rings. The number of aromatic nitrogens is 2. The molecule has 2 aromatic heterocycles. The van der Waals surface area contributed by atoms with E-state index in [4.69, 9.17) is 4.74 Å². The van der Waals surface area contributed by atoms with Gasteiger partial charge in [0.05, 0.1) is 24.9 Å². The van der Waals surface area contributed by atoms with Crippen LogP contribution >= 0.6 is 0 Å². The highest BCUT2D eigenvalue weighted by atomic mass is 16.5. The van der Waals surface area contributed by atoms with E-state index >= 15 is 0 Å². The van der Waals surface area contributed by atoms with E-state index < -0.39 is 0 Å². The van der Waals surface area contributed by atoms with Crippen LogP contribution in [0.15, 0.2) is 30.6 Å². The van der Waals surface area contributed by atoms with Gasteiger partial charge in [0.1, 0.15) is 6.29 Å². The lowest BCUT2D eigenvalue weighted by Crippen LogP contribution is -2.37. The maximum atomic E-state index is 12.0. The van der Waals surface area contributed by atoms with E-state index in [0.29, 0.717) is 12.5 Å². The van der Waals surface area contributed by atoms with E-state index in [0.717, 1.165) is 68.2 Å². The number of aldehydes is 1. The minimum absolute atomic E-state index is 0.239. The molecule has 6 heteroatoms. The van der Waals surface area contributed by atoms with Gasteiger partial charge in [-0.3, -0.25) is 14.9 Å². The van der Waals surface area contributed by atoms with Crippen molar-refractivity contribution in [2.24, 2.45) is 0 Å². The van der Waals surface area contributed by atoms with Crippen molar-refractivity contribution in [2.45, 2.75) is 38.8 Å². The van der Waals surface area contributed by atoms with Crippen LogP contribution in [0, 0.1) is 0 Å². The molecule has 1 saturated heterocycles. The zero-order valence-electron chi connectivity index (χ0n) is 16.7. The average Bonchev–Trinajstić information content (AvgIpc) is 3.10. The van der Waals surface area contributed by atoms with Gasteiger partial charge in [0.2, 0.25) is 0 Å². The maximum absolute atomic E-state index is 12.0. The maximum Gasteiger partial charge on any atom is 0.141 e. The number of ether oxygens (including phenoxy) is 1. The molecule has 1 atom stereocenters. The molecule has 0 radical (unpaired) electrons. The third-order valence-electron chi connectivity index (χ3n) is 5.74. The fourth-order valence-corrected chi connectivity index (χ4v) is 4.06.